The van der Waals surface area contributed by atoms with E-state index >= 15 is 0 Å². The first-order chi connectivity index (χ1) is 11.0. The third kappa shape index (κ3) is 3.29. The van der Waals surface area contributed by atoms with Crippen LogP contribution in [0.5, 0.6) is 0 Å². The van der Waals surface area contributed by atoms with E-state index in [1.165, 1.54) is 19.4 Å². The summed E-state index contributed by atoms with van der Waals surface area (Å²) in [5, 5.41) is 0. The van der Waals surface area contributed by atoms with Gasteiger partial charge >= 0.3 is 0 Å². The van der Waals surface area contributed by atoms with Crippen LogP contribution in [0.25, 0.3) is 0 Å². The van der Waals surface area contributed by atoms with Gasteiger partial charge in [0.25, 0.3) is 5.91 Å². The van der Waals surface area contributed by atoms with Crippen molar-refractivity contribution in [3.63, 3.8) is 0 Å². The Balaban J connectivity index is 1.70. The minimum Gasteiger partial charge on any atom is -0.338 e. The standard InChI is InChI=1S/C19H29N3O/c1-20(2)15-16-7-4-5-8-17(16)18(23)22-13-10-19(11-14-22)9-6-12-21(19)3/h4-5,7-8H,6,9-15H2,1-3H3. The van der Waals surface area contributed by atoms with E-state index in [4.69, 9.17) is 0 Å². The Labute approximate surface area is 140 Å². The molecular formula is C19H29N3O. The Hall–Kier alpha value is -1.39. The van der Waals surface area contributed by atoms with Crippen molar-refractivity contribution in [2.75, 3.05) is 40.8 Å². The van der Waals surface area contributed by atoms with E-state index < -0.39 is 0 Å². The summed E-state index contributed by atoms with van der Waals surface area (Å²) in [7, 11) is 6.33. The Kier molecular flexibility index (Phi) is 4.74. The lowest BCUT2D eigenvalue weighted by Gasteiger charge is -2.43. The molecule has 0 bridgehead atoms. The van der Waals surface area contributed by atoms with Gasteiger partial charge in [0.05, 0.1) is 0 Å². The quantitative estimate of drug-likeness (QED) is 0.857. The van der Waals surface area contributed by atoms with E-state index in [0.717, 1.165) is 43.6 Å². The Morgan fingerprint density at radius 3 is 2.43 bits per heavy atom. The predicted octanol–water partition coefficient (Wildman–Crippen LogP) is 2.45. The molecule has 0 unspecified atom stereocenters. The van der Waals surface area contributed by atoms with Crippen molar-refractivity contribution >= 4 is 5.91 Å². The third-order valence-corrected chi connectivity index (χ3v) is 5.66. The normalized spacial score (nSPS) is 21.3. The van der Waals surface area contributed by atoms with Crippen molar-refractivity contribution in [1.29, 1.82) is 0 Å². The van der Waals surface area contributed by atoms with Crippen molar-refractivity contribution < 1.29 is 4.79 Å². The van der Waals surface area contributed by atoms with Crippen LogP contribution in [0.2, 0.25) is 0 Å². The minimum absolute atomic E-state index is 0.206. The molecule has 0 N–H and O–H groups in total. The molecule has 2 aliphatic heterocycles. The second kappa shape index (κ2) is 6.62. The maximum absolute atomic E-state index is 13.0. The van der Waals surface area contributed by atoms with Gasteiger partial charge in [-0.1, -0.05) is 18.2 Å². The van der Waals surface area contributed by atoms with Crippen molar-refractivity contribution in [1.82, 2.24) is 14.7 Å². The molecule has 1 spiro atoms. The van der Waals surface area contributed by atoms with Crippen LogP contribution >= 0.6 is 0 Å². The lowest BCUT2D eigenvalue weighted by atomic mass is 9.85. The summed E-state index contributed by atoms with van der Waals surface area (Å²) in [4.78, 5) is 19.7. The van der Waals surface area contributed by atoms with Crippen LogP contribution in [-0.2, 0) is 6.54 Å². The highest BCUT2D eigenvalue weighted by molar-refractivity contribution is 5.95. The van der Waals surface area contributed by atoms with Crippen LogP contribution < -0.4 is 0 Å². The lowest BCUT2D eigenvalue weighted by Crippen LogP contribution is -2.52. The van der Waals surface area contributed by atoms with Gasteiger partial charge in [0.1, 0.15) is 0 Å². The van der Waals surface area contributed by atoms with Crippen LogP contribution in [0.3, 0.4) is 0 Å². The number of amides is 1. The average Bonchev–Trinajstić information content (AvgIpc) is 2.88. The molecule has 2 aliphatic rings. The molecule has 4 nitrogen and oxygen atoms in total. The molecule has 126 valence electrons. The number of carbonyl (C=O) groups excluding carboxylic acids is 1. The molecule has 4 heteroatoms. The number of hydrogen-bond acceptors (Lipinski definition) is 3. The zero-order valence-electron chi connectivity index (χ0n) is 14.7. The second-order valence-electron chi connectivity index (χ2n) is 7.44. The van der Waals surface area contributed by atoms with Crippen molar-refractivity contribution in [3.05, 3.63) is 35.4 Å². The second-order valence-corrected chi connectivity index (χ2v) is 7.44. The van der Waals surface area contributed by atoms with Gasteiger partial charge in [-0.05, 0) is 65.0 Å². The highest BCUT2D eigenvalue weighted by atomic mass is 16.2. The first kappa shape index (κ1) is 16.5. The van der Waals surface area contributed by atoms with Crippen molar-refractivity contribution in [3.8, 4) is 0 Å². The Bertz CT molecular complexity index is 561. The molecule has 23 heavy (non-hydrogen) atoms. The van der Waals surface area contributed by atoms with E-state index in [-0.39, 0.29) is 5.91 Å². The maximum Gasteiger partial charge on any atom is 0.254 e. The van der Waals surface area contributed by atoms with Gasteiger partial charge in [-0.2, -0.15) is 0 Å². The van der Waals surface area contributed by atoms with Gasteiger partial charge in [0.15, 0.2) is 0 Å². The van der Waals surface area contributed by atoms with Crippen LogP contribution in [0.15, 0.2) is 24.3 Å². The number of benzene rings is 1. The smallest absolute Gasteiger partial charge is 0.254 e. The lowest BCUT2D eigenvalue weighted by molar-refractivity contribution is 0.0491. The molecule has 0 saturated carbocycles. The van der Waals surface area contributed by atoms with Gasteiger partial charge in [0.2, 0.25) is 0 Å². The van der Waals surface area contributed by atoms with Gasteiger partial charge in [-0.25, -0.2) is 0 Å². The first-order valence-corrected chi connectivity index (χ1v) is 8.75. The molecule has 0 aliphatic carbocycles. The molecule has 2 saturated heterocycles. The van der Waals surface area contributed by atoms with Crippen LogP contribution in [0.1, 0.15) is 41.6 Å². The predicted molar refractivity (Wildman–Crippen MR) is 93.6 cm³/mol. The monoisotopic (exact) mass is 315 g/mol. The van der Waals surface area contributed by atoms with E-state index in [0.29, 0.717) is 5.54 Å². The molecule has 2 heterocycles. The molecule has 0 radical (unpaired) electrons. The fourth-order valence-electron chi connectivity index (χ4n) is 4.21. The summed E-state index contributed by atoms with van der Waals surface area (Å²) in [5.41, 5.74) is 2.36. The largest absolute Gasteiger partial charge is 0.338 e. The van der Waals surface area contributed by atoms with Crippen LogP contribution in [0, 0.1) is 0 Å². The third-order valence-electron chi connectivity index (χ3n) is 5.66. The number of piperidine rings is 1. The number of nitrogens with zero attached hydrogens (tertiary/aromatic N) is 3. The van der Waals surface area contributed by atoms with Crippen molar-refractivity contribution in [2.24, 2.45) is 0 Å². The highest BCUT2D eigenvalue weighted by Gasteiger charge is 2.41. The average molecular weight is 315 g/mol. The maximum atomic E-state index is 13.0. The van der Waals surface area contributed by atoms with Gasteiger partial charge in [0, 0.05) is 30.7 Å². The van der Waals surface area contributed by atoms with Gasteiger partial charge in [-0.3, -0.25) is 4.79 Å². The molecule has 0 aromatic heterocycles. The summed E-state index contributed by atoms with van der Waals surface area (Å²) in [5.74, 6) is 0.206. The number of rotatable bonds is 3. The number of hydrogen-bond donors (Lipinski definition) is 0. The topological polar surface area (TPSA) is 26.8 Å². The number of likely N-dealkylation sites (tertiary alicyclic amines) is 2. The molecule has 1 aromatic carbocycles. The van der Waals surface area contributed by atoms with Crippen molar-refractivity contribution in [2.45, 2.75) is 37.8 Å². The van der Waals surface area contributed by atoms with E-state index in [2.05, 4.69) is 27.8 Å². The summed E-state index contributed by atoms with van der Waals surface area (Å²) in [6.07, 6.45) is 4.83. The zero-order chi connectivity index (χ0) is 16.4. The van der Waals surface area contributed by atoms with E-state index in [1.807, 2.05) is 32.3 Å². The SMILES string of the molecule is CN(C)Cc1ccccc1C(=O)N1CCC2(CCCN2C)CC1. The minimum atomic E-state index is 0.206. The fourth-order valence-corrected chi connectivity index (χ4v) is 4.21. The molecular weight excluding hydrogens is 286 g/mol. The Morgan fingerprint density at radius 2 is 1.83 bits per heavy atom. The first-order valence-electron chi connectivity index (χ1n) is 8.75. The molecule has 1 aromatic rings. The van der Waals surface area contributed by atoms with E-state index in [9.17, 15) is 4.79 Å². The van der Waals surface area contributed by atoms with E-state index in [1.54, 1.807) is 0 Å². The van der Waals surface area contributed by atoms with Crippen LogP contribution in [0.4, 0.5) is 0 Å². The number of carbonyl (C=O) groups is 1. The van der Waals surface area contributed by atoms with Gasteiger partial charge < -0.3 is 14.7 Å². The summed E-state index contributed by atoms with van der Waals surface area (Å²) in [6.45, 7) is 3.79. The Morgan fingerprint density at radius 1 is 1.13 bits per heavy atom. The van der Waals surface area contributed by atoms with Gasteiger partial charge in [-0.15, -0.1) is 0 Å². The molecule has 3 rings (SSSR count). The molecule has 0 atom stereocenters. The zero-order valence-corrected chi connectivity index (χ0v) is 14.7. The van der Waals surface area contributed by atoms with Crippen LogP contribution in [-0.4, -0.2) is 66.9 Å². The summed E-state index contributed by atoms with van der Waals surface area (Å²) in [6, 6.07) is 8.05. The summed E-state index contributed by atoms with van der Waals surface area (Å²) >= 11 is 0. The molecule has 2 fully saturated rings. The highest BCUT2D eigenvalue weighted by Crippen LogP contribution is 2.37. The summed E-state index contributed by atoms with van der Waals surface area (Å²) < 4.78 is 0. The fraction of sp³-hybridized carbons (Fsp3) is 0.632. The molecule has 1 amide bonds.